The number of benzene rings is 1. The molecule has 10 nitrogen and oxygen atoms in total. The first-order chi connectivity index (χ1) is 19.8. The highest BCUT2D eigenvalue weighted by atomic mass is 79.9. The van der Waals surface area contributed by atoms with Gasteiger partial charge in [-0.1, -0.05) is 45.4 Å². The highest BCUT2D eigenvalue weighted by Crippen LogP contribution is 2.68. The Morgan fingerprint density at radius 1 is 1.32 bits per heavy atom. The Kier molecular flexibility index (Phi) is 8.91. The summed E-state index contributed by atoms with van der Waals surface area (Å²) in [4.78, 5) is 45.2. The average Bonchev–Trinajstić information content (AvgIpc) is 3.69. The molecule has 4 heterocycles. The Labute approximate surface area is 252 Å². The van der Waals surface area contributed by atoms with Crippen molar-refractivity contribution in [2.75, 3.05) is 19.8 Å². The van der Waals surface area contributed by atoms with Gasteiger partial charge in [-0.2, -0.15) is 0 Å². The molecular formula is C29H36BrN5O5S. The molecule has 0 radical (unpaired) electrons. The van der Waals surface area contributed by atoms with Crippen LogP contribution < -0.4 is 0 Å². The summed E-state index contributed by atoms with van der Waals surface area (Å²) in [5, 5.41) is 18.4. The third kappa shape index (κ3) is 5.12. The number of halogens is 1. The lowest BCUT2D eigenvalue weighted by atomic mass is 9.71. The Morgan fingerprint density at radius 3 is 2.83 bits per heavy atom. The highest BCUT2D eigenvalue weighted by molar-refractivity contribution is 9.09. The maximum absolute atomic E-state index is 14.5. The largest absolute Gasteiger partial charge is 0.465 e. The second-order valence-corrected chi connectivity index (χ2v) is 13.7. The first-order valence-corrected chi connectivity index (χ1v) is 15.8. The standard InChI is InChI=1S/C29H36BrN5O5S/c1-4-6-7-10-14-40-28(39)22-23-26(37)35(18(3)16-36)25(29(23)15-19(30)24(22)41-29)27(38)33(13-5-2)17-34-21-12-9-8-11-20(21)31-32-34/h4-5,8-9,11-12,18-19,22-25,36H,1-2,6-7,10,13-17H2,3H3/t18-,19?,22-,23+,24-,25?,29?/m1/s1. The minimum absolute atomic E-state index is 0.0679. The van der Waals surface area contributed by atoms with Crippen molar-refractivity contribution < 1.29 is 24.2 Å². The van der Waals surface area contributed by atoms with Crippen LogP contribution in [0.2, 0.25) is 0 Å². The molecule has 2 aromatic rings. The Bertz CT molecular complexity index is 1340. The summed E-state index contributed by atoms with van der Waals surface area (Å²) in [7, 11) is 0. The van der Waals surface area contributed by atoms with Crippen LogP contribution in [0, 0.1) is 11.8 Å². The smallest absolute Gasteiger partial charge is 0.310 e. The van der Waals surface area contributed by atoms with E-state index in [0.717, 1.165) is 18.4 Å². The van der Waals surface area contributed by atoms with Crippen molar-refractivity contribution in [1.29, 1.82) is 0 Å². The molecule has 220 valence electrons. The van der Waals surface area contributed by atoms with Gasteiger partial charge < -0.3 is 19.6 Å². The van der Waals surface area contributed by atoms with Gasteiger partial charge in [0.25, 0.3) is 0 Å². The summed E-state index contributed by atoms with van der Waals surface area (Å²) in [5.41, 5.74) is 1.49. The average molecular weight is 647 g/mol. The van der Waals surface area contributed by atoms with Crippen LogP contribution in [0.4, 0.5) is 0 Å². The van der Waals surface area contributed by atoms with Gasteiger partial charge in [0, 0.05) is 16.6 Å². The summed E-state index contributed by atoms with van der Waals surface area (Å²) in [5.74, 6) is -2.34. The van der Waals surface area contributed by atoms with Crippen LogP contribution in [0.5, 0.6) is 0 Å². The van der Waals surface area contributed by atoms with Gasteiger partial charge in [0.1, 0.15) is 18.2 Å². The molecule has 1 N–H and O–H groups in total. The second-order valence-electron chi connectivity index (χ2n) is 11.0. The third-order valence-corrected chi connectivity index (χ3v) is 11.6. The number of thioether (sulfide) groups is 1. The highest BCUT2D eigenvalue weighted by Gasteiger charge is 2.76. The van der Waals surface area contributed by atoms with E-state index >= 15 is 0 Å². The predicted octanol–water partition coefficient (Wildman–Crippen LogP) is 3.15. The Morgan fingerprint density at radius 2 is 2.10 bits per heavy atom. The number of para-hydroxylation sites is 1. The predicted molar refractivity (Wildman–Crippen MR) is 160 cm³/mol. The lowest BCUT2D eigenvalue weighted by Crippen LogP contribution is -2.57. The minimum atomic E-state index is -0.877. The number of esters is 1. The summed E-state index contributed by atoms with van der Waals surface area (Å²) in [6.45, 7) is 9.61. The number of aliphatic hydroxyl groups is 1. The van der Waals surface area contributed by atoms with Crippen molar-refractivity contribution in [2.24, 2.45) is 11.8 Å². The third-order valence-electron chi connectivity index (χ3n) is 8.41. The number of rotatable bonds is 13. The molecule has 3 aliphatic heterocycles. The van der Waals surface area contributed by atoms with Crippen LogP contribution in [0.1, 0.15) is 32.6 Å². The van der Waals surface area contributed by atoms with Gasteiger partial charge in [0.15, 0.2) is 0 Å². The molecule has 1 spiro atoms. The molecule has 1 aromatic carbocycles. The van der Waals surface area contributed by atoms with Gasteiger partial charge in [-0.3, -0.25) is 14.4 Å². The number of hydrogen-bond donors (Lipinski definition) is 1. The molecule has 0 saturated carbocycles. The van der Waals surface area contributed by atoms with E-state index in [2.05, 4.69) is 39.4 Å². The van der Waals surface area contributed by atoms with Crippen LogP contribution in [0.25, 0.3) is 11.0 Å². The molecule has 7 atom stereocenters. The zero-order valence-corrected chi connectivity index (χ0v) is 25.5. The minimum Gasteiger partial charge on any atom is -0.465 e. The molecular weight excluding hydrogens is 610 g/mol. The van der Waals surface area contributed by atoms with E-state index in [-0.39, 0.29) is 48.3 Å². The number of nitrogens with zero attached hydrogens (tertiary/aromatic N) is 5. The summed E-state index contributed by atoms with van der Waals surface area (Å²) < 4.78 is 6.50. The van der Waals surface area contributed by atoms with Crippen molar-refractivity contribution in [3.8, 4) is 0 Å². The number of unbranched alkanes of at least 4 members (excludes halogenated alkanes) is 2. The SMILES string of the molecule is C=CCCCCOC(=O)[C@H]1[C@@H]2SC3(CC2Br)C(C(=O)N(CC=C)Cn2nnc4ccccc42)N([C@H](C)CO)C(=O)[C@H]13. The fourth-order valence-electron chi connectivity index (χ4n) is 6.57. The zero-order chi connectivity index (χ0) is 29.3. The summed E-state index contributed by atoms with van der Waals surface area (Å²) in [6.07, 6.45) is 6.44. The number of alkyl halides is 1. The lowest BCUT2D eigenvalue weighted by molar-refractivity contribution is -0.154. The van der Waals surface area contributed by atoms with Gasteiger partial charge in [-0.25, -0.2) is 4.68 Å². The van der Waals surface area contributed by atoms with E-state index < -0.39 is 34.6 Å². The molecule has 41 heavy (non-hydrogen) atoms. The van der Waals surface area contributed by atoms with Crippen LogP contribution in [-0.2, 0) is 25.8 Å². The number of ether oxygens (including phenoxy) is 1. The molecule has 3 saturated heterocycles. The number of likely N-dealkylation sites (tertiary alicyclic amines) is 1. The molecule has 3 unspecified atom stereocenters. The maximum Gasteiger partial charge on any atom is 0.310 e. The zero-order valence-electron chi connectivity index (χ0n) is 23.1. The molecule has 5 rings (SSSR count). The molecule has 3 fully saturated rings. The summed E-state index contributed by atoms with van der Waals surface area (Å²) in [6, 6.07) is 6.01. The van der Waals surface area contributed by atoms with Crippen LogP contribution in [0.3, 0.4) is 0 Å². The normalized spacial score (nSPS) is 29.0. The van der Waals surface area contributed by atoms with E-state index in [9.17, 15) is 19.5 Å². The summed E-state index contributed by atoms with van der Waals surface area (Å²) >= 11 is 5.32. The van der Waals surface area contributed by atoms with Crippen molar-refractivity contribution in [2.45, 2.75) is 66.2 Å². The van der Waals surface area contributed by atoms with E-state index in [0.29, 0.717) is 18.4 Å². The fraction of sp³-hybridized carbons (Fsp3) is 0.552. The maximum atomic E-state index is 14.5. The van der Waals surface area contributed by atoms with Crippen LogP contribution >= 0.6 is 27.7 Å². The van der Waals surface area contributed by atoms with Crippen molar-refractivity contribution in [3.63, 3.8) is 0 Å². The monoisotopic (exact) mass is 645 g/mol. The molecule has 0 aliphatic carbocycles. The van der Waals surface area contributed by atoms with Gasteiger partial charge in [0.2, 0.25) is 11.8 Å². The number of amides is 2. The number of hydrogen-bond acceptors (Lipinski definition) is 8. The first kappa shape index (κ1) is 29.8. The topological polar surface area (TPSA) is 118 Å². The number of allylic oxidation sites excluding steroid dienone is 1. The van der Waals surface area contributed by atoms with E-state index in [1.54, 1.807) is 34.3 Å². The number of fused-ring (bicyclic) bond motifs is 2. The number of carbonyl (C=O) groups excluding carboxylic acids is 3. The fourth-order valence-corrected chi connectivity index (χ4v) is 10.1. The molecule has 12 heteroatoms. The Balaban J connectivity index is 1.47. The van der Waals surface area contributed by atoms with Crippen molar-refractivity contribution in [1.82, 2.24) is 24.8 Å². The van der Waals surface area contributed by atoms with Gasteiger partial charge >= 0.3 is 5.97 Å². The van der Waals surface area contributed by atoms with Crippen LogP contribution in [0.15, 0.2) is 49.6 Å². The number of aromatic nitrogens is 3. The van der Waals surface area contributed by atoms with Crippen LogP contribution in [-0.4, -0.2) is 94.4 Å². The second kappa shape index (κ2) is 12.3. The van der Waals surface area contributed by atoms with Gasteiger partial charge in [0.05, 0.1) is 41.4 Å². The van der Waals surface area contributed by atoms with Crippen molar-refractivity contribution >= 4 is 56.5 Å². The van der Waals surface area contributed by atoms with Crippen molar-refractivity contribution in [3.05, 3.63) is 49.6 Å². The molecule has 2 bridgehead atoms. The number of carbonyl (C=O) groups is 3. The number of aliphatic hydroxyl groups excluding tert-OH is 1. The van der Waals surface area contributed by atoms with E-state index in [4.69, 9.17) is 4.74 Å². The first-order valence-electron chi connectivity index (χ1n) is 14.0. The molecule has 3 aliphatic rings. The van der Waals surface area contributed by atoms with E-state index in [1.807, 2.05) is 30.3 Å². The molecule has 1 aromatic heterocycles. The van der Waals surface area contributed by atoms with Gasteiger partial charge in [-0.05, 0) is 44.7 Å². The Hall–Kier alpha value is -2.70. The quantitative estimate of drug-likeness (QED) is 0.153. The van der Waals surface area contributed by atoms with Gasteiger partial charge in [-0.15, -0.1) is 30.0 Å². The van der Waals surface area contributed by atoms with E-state index in [1.165, 1.54) is 4.90 Å². The molecule has 2 amide bonds. The lowest BCUT2D eigenvalue weighted by Gasteiger charge is -2.39.